The molecule has 0 aliphatic rings. The summed E-state index contributed by atoms with van der Waals surface area (Å²) in [5.74, 6) is 0.313. The standard InChI is InChI=1S/C11H17F2N3/c1-4-11(14,5-2)10-15-7(3)6-8(16-10)9(12)13/h6,9H,4-5,14H2,1-3H3. The van der Waals surface area contributed by atoms with Gasteiger partial charge in [0.05, 0.1) is 5.54 Å². The average molecular weight is 229 g/mol. The van der Waals surface area contributed by atoms with Crippen LogP contribution in [0.4, 0.5) is 8.78 Å². The molecule has 0 aliphatic heterocycles. The van der Waals surface area contributed by atoms with Gasteiger partial charge in [0.2, 0.25) is 0 Å². The van der Waals surface area contributed by atoms with Crippen molar-refractivity contribution in [3.05, 3.63) is 23.3 Å². The van der Waals surface area contributed by atoms with Gasteiger partial charge < -0.3 is 5.73 Å². The minimum Gasteiger partial charge on any atom is -0.319 e. The summed E-state index contributed by atoms with van der Waals surface area (Å²) in [4.78, 5) is 8.02. The van der Waals surface area contributed by atoms with E-state index in [4.69, 9.17) is 5.73 Å². The van der Waals surface area contributed by atoms with Gasteiger partial charge in [-0.3, -0.25) is 0 Å². The fourth-order valence-electron chi connectivity index (χ4n) is 1.49. The monoisotopic (exact) mass is 229 g/mol. The van der Waals surface area contributed by atoms with Crippen molar-refractivity contribution in [1.82, 2.24) is 9.97 Å². The van der Waals surface area contributed by atoms with Crippen LogP contribution < -0.4 is 5.73 Å². The Hall–Kier alpha value is -1.10. The van der Waals surface area contributed by atoms with E-state index < -0.39 is 12.0 Å². The van der Waals surface area contributed by atoms with Crippen LogP contribution in [0.25, 0.3) is 0 Å². The molecule has 0 spiro atoms. The summed E-state index contributed by atoms with van der Waals surface area (Å²) in [5, 5.41) is 0. The zero-order valence-corrected chi connectivity index (χ0v) is 9.80. The Kier molecular flexibility index (Phi) is 3.91. The molecule has 1 aromatic rings. The van der Waals surface area contributed by atoms with Crippen molar-refractivity contribution in [3.63, 3.8) is 0 Å². The van der Waals surface area contributed by atoms with Crippen LogP contribution in [0.2, 0.25) is 0 Å². The van der Waals surface area contributed by atoms with Crippen LogP contribution in [0.5, 0.6) is 0 Å². The summed E-state index contributed by atoms with van der Waals surface area (Å²) < 4.78 is 25.2. The SMILES string of the molecule is CCC(N)(CC)c1nc(C)cc(C(F)F)n1. The van der Waals surface area contributed by atoms with Crippen LogP contribution in [-0.2, 0) is 5.54 Å². The van der Waals surface area contributed by atoms with Gasteiger partial charge in [-0.25, -0.2) is 18.7 Å². The van der Waals surface area contributed by atoms with Crippen LogP contribution in [0.1, 0.15) is 50.3 Å². The van der Waals surface area contributed by atoms with E-state index >= 15 is 0 Å². The second kappa shape index (κ2) is 4.82. The molecule has 16 heavy (non-hydrogen) atoms. The van der Waals surface area contributed by atoms with Crippen LogP contribution >= 0.6 is 0 Å². The van der Waals surface area contributed by atoms with E-state index in [0.29, 0.717) is 24.4 Å². The van der Waals surface area contributed by atoms with Gasteiger partial charge in [-0.1, -0.05) is 13.8 Å². The first-order valence-corrected chi connectivity index (χ1v) is 5.36. The normalized spacial score (nSPS) is 12.2. The van der Waals surface area contributed by atoms with E-state index in [9.17, 15) is 8.78 Å². The van der Waals surface area contributed by atoms with Gasteiger partial charge in [0, 0.05) is 5.69 Å². The number of hydrogen-bond acceptors (Lipinski definition) is 3. The topological polar surface area (TPSA) is 51.8 Å². The molecule has 0 aliphatic carbocycles. The fourth-order valence-corrected chi connectivity index (χ4v) is 1.49. The molecule has 0 saturated heterocycles. The number of halogens is 2. The first-order chi connectivity index (χ1) is 7.42. The molecule has 90 valence electrons. The summed E-state index contributed by atoms with van der Waals surface area (Å²) in [6.45, 7) is 5.47. The summed E-state index contributed by atoms with van der Waals surface area (Å²) in [5.41, 5.74) is 5.65. The lowest BCUT2D eigenvalue weighted by Gasteiger charge is -2.25. The van der Waals surface area contributed by atoms with Gasteiger partial charge in [-0.2, -0.15) is 0 Å². The number of nitrogens with zero attached hydrogens (tertiary/aromatic N) is 2. The summed E-state index contributed by atoms with van der Waals surface area (Å²) in [7, 11) is 0. The maximum absolute atomic E-state index is 12.6. The van der Waals surface area contributed by atoms with E-state index in [1.165, 1.54) is 6.07 Å². The van der Waals surface area contributed by atoms with Gasteiger partial charge in [0.25, 0.3) is 6.43 Å². The highest BCUT2D eigenvalue weighted by Crippen LogP contribution is 2.25. The lowest BCUT2D eigenvalue weighted by Crippen LogP contribution is -2.37. The maximum atomic E-state index is 12.6. The molecule has 0 aromatic carbocycles. The summed E-state index contributed by atoms with van der Waals surface area (Å²) >= 11 is 0. The van der Waals surface area contributed by atoms with Crippen LogP contribution in [0.3, 0.4) is 0 Å². The van der Waals surface area contributed by atoms with Crippen molar-refractivity contribution in [2.75, 3.05) is 0 Å². The molecule has 0 atom stereocenters. The Labute approximate surface area is 94.1 Å². The first kappa shape index (κ1) is 13.0. The molecule has 2 N–H and O–H groups in total. The van der Waals surface area contributed by atoms with Crippen LogP contribution in [0, 0.1) is 6.92 Å². The third-order valence-electron chi connectivity index (χ3n) is 2.80. The van der Waals surface area contributed by atoms with E-state index in [-0.39, 0.29) is 5.69 Å². The molecule has 5 heteroatoms. The van der Waals surface area contributed by atoms with Crippen molar-refractivity contribution < 1.29 is 8.78 Å². The molecule has 3 nitrogen and oxygen atoms in total. The molecule has 0 fully saturated rings. The Morgan fingerprint density at radius 3 is 2.31 bits per heavy atom. The van der Waals surface area contributed by atoms with Crippen molar-refractivity contribution in [1.29, 1.82) is 0 Å². The zero-order valence-electron chi connectivity index (χ0n) is 9.80. The molecule has 1 aromatic heterocycles. The number of nitrogens with two attached hydrogens (primary N) is 1. The predicted octanol–water partition coefficient (Wildman–Crippen LogP) is 2.70. The van der Waals surface area contributed by atoms with E-state index in [1.807, 2.05) is 13.8 Å². The molecule has 0 bridgehead atoms. The highest BCUT2D eigenvalue weighted by Gasteiger charge is 2.27. The fraction of sp³-hybridized carbons (Fsp3) is 0.636. The van der Waals surface area contributed by atoms with Gasteiger partial charge in [0.1, 0.15) is 11.5 Å². The summed E-state index contributed by atoms with van der Waals surface area (Å²) in [6, 6.07) is 1.29. The number of alkyl halides is 2. The van der Waals surface area contributed by atoms with Gasteiger partial charge in [-0.05, 0) is 25.8 Å². The third-order valence-corrected chi connectivity index (χ3v) is 2.80. The van der Waals surface area contributed by atoms with Crippen LogP contribution in [0.15, 0.2) is 6.07 Å². The van der Waals surface area contributed by atoms with Crippen molar-refractivity contribution >= 4 is 0 Å². The minimum absolute atomic E-state index is 0.251. The van der Waals surface area contributed by atoms with Gasteiger partial charge in [0.15, 0.2) is 0 Å². The van der Waals surface area contributed by atoms with E-state index in [1.54, 1.807) is 6.92 Å². The Bertz CT molecular complexity index is 362. The highest BCUT2D eigenvalue weighted by atomic mass is 19.3. The maximum Gasteiger partial charge on any atom is 0.280 e. The Morgan fingerprint density at radius 2 is 1.88 bits per heavy atom. The van der Waals surface area contributed by atoms with E-state index in [0.717, 1.165) is 0 Å². The second-order valence-electron chi connectivity index (χ2n) is 3.92. The average Bonchev–Trinajstić information content (AvgIpc) is 2.27. The lowest BCUT2D eigenvalue weighted by atomic mass is 9.93. The minimum atomic E-state index is -2.58. The van der Waals surface area contributed by atoms with Crippen molar-refractivity contribution in [3.8, 4) is 0 Å². The smallest absolute Gasteiger partial charge is 0.280 e. The molecular formula is C11H17F2N3. The highest BCUT2D eigenvalue weighted by molar-refractivity contribution is 5.15. The van der Waals surface area contributed by atoms with Gasteiger partial charge in [-0.15, -0.1) is 0 Å². The number of hydrogen-bond donors (Lipinski definition) is 1. The number of aromatic nitrogens is 2. The molecule has 0 saturated carbocycles. The molecule has 1 heterocycles. The van der Waals surface area contributed by atoms with Crippen LogP contribution in [-0.4, -0.2) is 9.97 Å². The first-order valence-electron chi connectivity index (χ1n) is 5.36. The molecule has 0 unspecified atom stereocenters. The largest absolute Gasteiger partial charge is 0.319 e. The summed E-state index contributed by atoms with van der Waals surface area (Å²) in [6.07, 6.45) is -1.34. The molecule has 0 amide bonds. The Morgan fingerprint density at radius 1 is 1.31 bits per heavy atom. The molecule has 1 rings (SSSR count). The van der Waals surface area contributed by atoms with Crippen molar-refractivity contribution in [2.24, 2.45) is 5.73 Å². The number of rotatable bonds is 4. The Balaban J connectivity index is 3.23. The molecule has 0 radical (unpaired) electrons. The molecular weight excluding hydrogens is 212 g/mol. The second-order valence-corrected chi connectivity index (χ2v) is 3.92. The van der Waals surface area contributed by atoms with Crippen molar-refractivity contribution in [2.45, 2.75) is 45.6 Å². The van der Waals surface area contributed by atoms with Gasteiger partial charge >= 0.3 is 0 Å². The zero-order chi connectivity index (χ0) is 12.3. The quantitative estimate of drug-likeness (QED) is 0.863. The lowest BCUT2D eigenvalue weighted by molar-refractivity contribution is 0.144. The van der Waals surface area contributed by atoms with E-state index in [2.05, 4.69) is 9.97 Å². The number of aryl methyl sites for hydroxylation is 1. The predicted molar refractivity (Wildman–Crippen MR) is 58.2 cm³/mol. The third kappa shape index (κ3) is 2.52.